The van der Waals surface area contributed by atoms with E-state index in [1.54, 1.807) is 4.31 Å². The van der Waals surface area contributed by atoms with Gasteiger partial charge in [-0.25, -0.2) is 8.42 Å². The van der Waals surface area contributed by atoms with Gasteiger partial charge in [0.05, 0.1) is 4.90 Å². The highest BCUT2D eigenvalue weighted by Gasteiger charge is 2.23. The number of hydrogen-bond donors (Lipinski definition) is 2. The number of sulfonamides is 1. The molecule has 1 rings (SSSR count). The molecule has 1 aromatic rings. The minimum atomic E-state index is -3.46. The molecular formula is C18H34NO6PS2. The molecule has 0 bridgehead atoms. The number of hydrogen-bond acceptors (Lipinski definition) is 6. The maximum atomic E-state index is 12.7. The van der Waals surface area contributed by atoms with Crippen LogP contribution in [0.15, 0.2) is 29.2 Å². The largest absolute Gasteiger partial charge is 0.508 e. The van der Waals surface area contributed by atoms with Gasteiger partial charge in [0.15, 0.2) is 0 Å². The normalized spacial score (nSPS) is 11.9. The Balaban J connectivity index is 0.000000887. The summed E-state index contributed by atoms with van der Waals surface area (Å²) in [7, 11) is -0.837. The van der Waals surface area contributed by atoms with Crippen molar-refractivity contribution in [2.24, 2.45) is 0 Å². The van der Waals surface area contributed by atoms with Crippen LogP contribution in [0.5, 0.6) is 5.75 Å². The Morgan fingerprint density at radius 2 is 1.39 bits per heavy atom. The highest BCUT2D eigenvalue weighted by Crippen LogP contribution is 2.40. The van der Waals surface area contributed by atoms with Gasteiger partial charge < -0.3 is 19.0 Å². The predicted molar refractivity (Wildman–Crippen MR) is 116 cm³/mol. The van der Waals surface area contributed by atoms with Gasteiger partial charge in [0.25, 0.3) is 0 Å². The fourth-order valence-electron chi connectivity index (χ4n) is 2.27. The van der Waals surface area contributed by atoms with Gasteiger partial charge in [-0.05, 0) is 48.9 Å². The molecule has 164 valence electrons. The molecule has 7 nitrogen and oxygen atoms in total. The van der Waals surface area contributed by atoms with Gasteiger partial charge in [0, 0.05) is 27.3 Å². The van der Waals surface area contributed by atoms with Crippen molar-refractivity contribution in [3.63, 3.8) is 0 Å². The summed E-state index contributed by atoms with van der Waals surface area (Å²) in [5.41, 5.74) is 0. The summed E-state index contributed by atoms with van der Waals surface area (Å²) < 4.78 is 35.6. The van der Waals surface area contributed by atoms with E-state index in [9.17, 15) is 13.5 Å². The van der Waals surface area contributed by atoms with Crippen LogP contribution in [0.4, 0.5) is 0 Å². The second-order valence-corrected chi connectivity index (χ2v) is 11.1. The second-order valence-electron chi connectivity index (χ2n) is 6.15. The molecule has 0 unspecified atom stereocenters. The van der Waals surface area contributed by atoms with Crippen molar-refractivity contribution in [1.82, 2.24) is 4.31 Å². The quantitative estimate of drug-likeness (QED) is 0.359. The second kappa shape index (κ2) is 14.4. The van der Waals surface area contributed by atoms with Crippen LogP contribution in [-0.4, -0.2) is 50.0 Å². The van der Waals surface area contributed by atoms with Crippen LogP contribution in [0.1, 0.15) is 52.4 Å². The Labute approximate surface area is 175 Å². The first-order valence-corrected chi connectivity index (χ1v) is 13.4. The number of phenolic OH excluding ortho intramolecular Hbond substituents is 1. The van der Waals surface area contributed by atoms with E-state index in [1.807, 2.05) is 0 Å². The fraction of sp³-hybridized carbons (Fsp3) is 0.667. The van der Waals surface area contributed by atoms with Crippen molar-refractivity contribution in [2.75, 3.05) is 27.3 Å². The van der Waals surface area contributed by atoms with Gasteiger partial charge in [-0.2, -0.15) is 4.31 Å². The van der Waals surface area contributed by atoms with Gasteiger partial charge >= 0.3 is 6.72 Å². The highest BCUT2D eigenvalue weighted by molar-refractivity contribution is 8.07. The summed E-state index contributed by atoms with van der Waals surface area (Å²) in [6.45, 7) is 2.53. The van der Waals surface area contributed by atoms with E-state index in [0.29, 0.717) is 13.1 Å². The lowest BCUT2D eigenvalue weighted by Gasteiger charge is -2.22. The molecule has 0 atom stereocenters. The number of nitrogens with zero attached hydrogens (tertiary/aromatic N) is 1. The summed E-state index contributed by atoms with van der Waals surface area (Å²) in [5, 5.41) is 9.30. The lowest BCUT2D eigenvalue weighted by molar-refractivity contribution is 0.267. The van der Waals surface area contributed by atoms with Crippen LogP contribution in [0.25, 0.3) is 0 Å². The molecular weight excluding hydrogens is 421 g/mol. The summed E-state index contributed by atoms with van der Waals surface area (Å²) in [6, 6.07) is 5.78. The number of benzene rings is 1. The Morgan fingerprint density at radius 1 is 0.964 bits per heavy atom. The Morgan fingerprint density at radius 3 is 1.71 bits per heavy atom. The number of aromatic hydroxyl groups is 1. The van der Waals surface area contributed by atoms with E-state index in [2.05, 4.69) is 34.7 Å². The first-order valence-electron chi connectivity index (χ1n) is 9.38. The molecule has 0 aliphatic rings. The minimum Gasteiger partial charge on any atom is -0.508 e. The van der Waals surface area contributed by atoms with E-state index in [4.69, 9.17) is 4.89 Å². The van der Waals surface area contributed by atoms with Gasteiger partial charge in [0.2, 0.25) is 10.0 Å². The molecule has 0 radical (unpaired) electrons. The maximum absolute atomic E-state index is 12.7. The van der Waals surface area contributed by atoms with Crippen LogP contribution in [0.2, 0.25) is 0 Å². The average molecular weight is 456 g/mol. The first-order chi connectivity index (χ1) is 13.1. The predicted octanol–water partition coefficient (Wildman–Crippen LogP) is 4.26. The van der Waals surface area contributed by atoms with E-state index in [1.165, 1.54) is 38.5 Å². The summed E-state index contributed by atoms with van der Waals surface area (Å²) in [5.74, 6) is 0.0810. The SMILES string of the molecule is CCCCCN(CCCCC)S(=O)(=O)c1ccc(O)cc1.COP(O)(=S)OC. The Hall–Kier alpha value is -0.540. The zero-order valence-electron chi connectivity index (χ0n) is 17.2. The molecule has 0 saturated heterocycles. The molecule has 2 N–H and O–H groups in total. The van der Waals surface area contributed by atoms with Gasteiger partial charge in [0.1, 0.15) is 5.75 Å². The molecule has 0 spiro atoms. The van der Waals surface area contributed by atoms with Crippen LogP contribution in [0.3, 0.4) is 0 Å². The standard InChI is InChI=1S/C16H27NO3S.C2H7O3PS/c1-3-5-7-13-17(14-8-6-4-2)21(19,20)16-11-9-15(18)10-12-16;1-4-6(3,7)5-2/h9-12,18H,3-8,13-14H2,1-2H3;1-2H3,(H,3,7). The van der Waals surface area contributed by atoms with Crippen molar-refractivity contribution < 1.29 is 27.5 Å². The zero-order valence-corrected chi connectivity index (χ0v) is 19.7. The van der Waals surface area contributed by atoms with Crippen molar-refractivity contribution in [3.8, 4) is 5.75 Å². The molecule has 0 fully saturated rings. The molecule has 0 saturated carbocycles. The zero-order chi connectivity index (χ0) is 21.6. The first kappa shape index (κ1) is 27.5. The Bertz CT molecular complexity index is 664. The monoisotopic (exact) mass is 455 g/mol. The number of rotatable bonds is 12. The third-order valence-electron chi connectivity index (χ3n) is 3.96. The van der Waals surface area contributed by atoms with E-state index >= 15 is 0 Å². The fourth-order valence-corrected chi connectivity index (χ4v) is 3.94. The summed E-state index contributed by atoms with van der Waals surface area (Å²) in [6.07, 6.45) is 5.99. The third kappa shape index (κ3) is 10.9. The number of phenols is 1. The van der Waals surface area contributed by atoms with Gasteiger partial charge in [-0.15, -0.1) is 0 Å². The molecule has 0 amide bonds. The van der Waals surface area contributed by atoms with Crippen molar-refractivity contribution >= 4 is 28.5 Å². The minimum absolute atomic E-state index is 0.0810. The van der Waals surface area contributed by atoms with E-state index in [-0.39, 0.29) is 10.6 Å². The van der Waals surface area contributed by atoms with Crippen LogP contribution >= 0.6 is 6.72 Å². The lowest BCUT2D eigenvalue weighted by Crippen LogP contribution is -2.33. The van der Waals surface area contributed by atoms with E-state index in [0.717, 1.165) is 38.5 Å². The summed E-state index contributed by atoms with van der Waals surface area (Å²) in [4.78, 5) is 8.87. The van der Waals surface area contributed by atoms with Crippen molar-refractivity contribution in [3.05, 3.63) is 24.3 Å². The lowest BCUT2D eigenvalue weighted by atomic mass is 10.2. The number of unbranched alkanes of at least 4 members (excludes halogenated alkanes) is 4. The molecule has 10 heteroatoms. The molecule has 0 aromatic heterocycles. The molecule has 0 heterocycles. The molecule has 0 aliphatic carbocycles. The highest BCUT2D eigenvalue weighted by atomic mass is 32.5. The topological polar surface area (TPSA) is 96.3 Å². The molecule has 1 aromatic carbocycles. The van der Waals surface area contributed by atoms with E-state index < -0.39 is 16.7 Å². The van der Waals surface area contributed by atoms with Crippen LogP contribution in [-0.2, 0) is 30.9 Å². The van der Waals surface area contributed by atoms with Crippen molar-refractivity contribution in [2.45, 2.75) is 57.3 Å². The van der Waals surface area contributed by atoms with Crippen LogP contribution in [0, 0.1) is 0 Å². The van der Waals surface area contributed by atoms with Gasteiger partial charge in [-0.1, -0.05) is 39.5 Å². The van der Waals surface area contributed by atoms with Crippen LogP contribution < -0.4 is 0 Å². The summed E-state index contributed by atoms with van der Waals surface area (Å²) >= 11 is 4.37. The smallest absolute Gasteiger partial charge is 0.323 e. The maximum Gasteiger partial charge on any atom is 0.323 e. The third-order valence-corrected chi connectivity index (χ3v) is 7.69. The molecule has 0 aliphatic heterocycles. The molecule has 28 heavy (non-hydrogen) atoms. The Kier molecular flexibility index (Phi) is 14.2. The average Bonchev–Trinajstić information content (AvgIpc) is 2.68. The van der Waals surface area contributed by atoms with Crippen molar-refractivity contribution in [1.29, 1.82) is 0 Å². The van der Waals surface area contributed by atoms with Gasteiger partial charge in [-0.3, -0.25) is 0 Å².